The van der Waals surface area contributed by atoms with E-state index in [1.54, 1.807) is 6.08 Å². The predicted molar refractivity (Wildman–Crippen MR) is 135 cm³/mol. The van der Waals surface area contributed by atoms with Crippen LogP contribution in [0.15, 0.2) is 47.5 Å². The van der Waals surface area contributed by atoms with Gasteiger partial charge in [-0.3, -0.25) is 9.79 Å². The Labute approximate surface area is 201 Å². The standard InChI is InChI=1S/C27H32ClN3O2/c1-18-8-9-19(12-24(18)28)20-11-21-14-29-15-23(21)25(13-20)33-27(2,3)22-16-31(17-22)26(32)7-6-10-30(4)5/h6-9,11-13,15,22H,10,14,16-17H2,1-5H3/b7-6+. The molecule has 2 aliphatic heterocycles. The lowest BCUT2D eigenvalue weighted by molar-refractivity contribution is -0.137. The van der Waals surface area contributed by atoms with Crippen LogP contribution in [0.3, 0.4) is 0 Å². The lowest BCUT2D eigenvalue weighted by atomic mass is 9.84. The van der Waals surface area contributed by atoms with Crippen LogP contribution in [0, 0.1) is 12.8 Å². The van der Waals surface area contributed by atoms with E-state index in [2.05, 4.69) is 37.0 Å². The number of amides is 1. The van der Waals surface area contributed by atoms with Gasteiger partial charge in [0.25, 0.3) is 0 Å². The first-order valence-corrected chi connectivity index (χ1v) is 11.7. The zero-order valence-corrected chi connectivity index (χ0v) is 20.8. The molecule has 4 rings (SSSR count). The van der Waals surface area contributed by atoms with Gasteiger partial charge in [-0.2, -0.15) is 0 Å². The van der Waals surface area contributed by atoms with E-state index in [9.17, 15) is 4.79 Å². The first-order valence-electron chi connectivity index (χ1n) is 11.4. The number of nitrogens with zero attached hydrogens (tertiary/aromatic N) is 3. The van der Waals surface area contributed by atoms with Gasteiger partial charge >= 0.3 is 0 Å². The SMILES string of the molecule is Cc1ccc(-c2cc3c(c(OC(C)(C)C4CN(C(=O)/C=C/CN(C)C)C4)c2)C=NC3)cc1Cl. The number of halogens is 1. The number of likely N-dealkylation sites (tertiary alicyclic amines) is 1. The molecule has 0 bridgehead atoms. The Balaban J connectivity index is 1.50. The molecule has 1 amide bonds. The number of carbonyl (C=O) groups is 1. The largest absolute Gasteiger partial charge is 0.487 e. The van der Waals surface area contributed by atoms with Crippen LogP contribution in [-0.4, -0.2) is 61.3 Å². The van der Waals surface area contributed by atoms with E-state index < -0.39 is 5.60 Å². The lowest BCUT2D eigenvalue weighted by Crippen LogP contribution is -2.59. The van der Waals surface area contributed by atoms with Gasteiger partial charge in [-0.25, -0.2) is 0 Å². The van der Waals surface area contributed by atoms with Crippen molar-refractivity contribution in [1.82, 2.24) is 9.80 Å². The van der Waals surface area contributed by atoms with Gasteiger partial charge in [0.15, 0.2) is 0 Å². The summed E-state index contributed by atoms with van der Waals surface area (Å²) in [6, 6.07) is 10.4. The summed E-state index contributed by atoms with van der Waals surface area (Å²) in [5.74, 6) is 1.16. The fourth-order valence-corrected chi connectivity index (χ4v) is 4.34. The lowest BCUT2D eigenvalue weighted by Gasteiger charge is -2.47. The van der Waals surface area contributed by atoms with Crippen molar-refractivity contribution >= 4 is 23.7 Å². The number of hydrogen-bond donors (Lipinski definition) is 0. The molecule has 2 aromatic rings. The molecule has 1 saturated heterocycles. The molecule has 0 radical (unpaired) electrons. The average Bonchev–Trinajstić information content (AvgIpc) is 3.17. The Morgan fingerprint density at radius 3 is 2.70 bits per heavy atom. The van der Waals surface area contributed by atoms with Gasteiger partial charge in [0.2, 0.25) is 5.91 Å². The maximum atomic E-state index is 12.4. The second kappa shape index (κ2) is 9.32. The highest BCUT2D eigenvalue weighted by atomic mass is 35.5. The second-order valence-electron chi connectivity index (χ2n) is 9.79. The van der Waals surface area contributed by atoms with E-state index in [0.717, 1.165) is 45.1 Å². The van der Waals surface area contributed by atoms with Crippen molar-refractivity contribution in [3.63, 3.8) is 0 Å². The summed E-state index contributed by atoms with van der Waals surface area (Å²) in [7, 11) is 3.97. The molecule has 1 fully saturated rings. The number of rotatable bonds is 7. The minimum Gasteiger partial charge on any atom is -0.487 e. The van der Waals surface area contributed by atoms with Crippen molar-refractivity contribution < 1.29 is 9.53 Å². The van der Waals surface area contributed by atoms with Crippen LogP contribution >= 0.6 is 11.6 Å². The van der Waals surface area contributed by atoms with Crippen LogP contribution in [0.25, 0.3) is 11.1 Å². The average molecular weight is 466 g/mol. The van der Waals surface area contributed by atoms with Crippen LogP contribution < -0.4 is 4.74 Å². The normalized spacial score (nSPS) is 15.9. The number of fused-ring (bicyclic) bond motifs is 1. The third-order valence-electron chi connectivity index (χ3n) is 6.50. The van der Waals surface area contributed by atoms with Gasteiger partial charge < -0.3 is 14.5 Å². The topological polar surface area (TPSA) is 45.1 Å². The van der Waals surface area contributed by atoms with E-state index in [4.69, 9.17) is 16.3 Å². The van der Waals surface area contributed by atoms with Gasteiger partial charge in [-0.1, -0.05) is 29.8 Å². The van der Waals surface area contributed by atoms with Gasteiger partial charge in [0, 0.05) is 48.4 Å². The van der Waals surface area contributed by atoms with Crippen LogP contribution in [0.2, 0.25) is 5.02 Å². The smallest absolute Gasteiger partial charge is 0.246 e. The summed E-state index contributed by atoms with van der Waals surface area (Å²) in [5, 5.41) is 0.755. The zero-order valence-electron chi connectivity index (χ0n) is 20.1. The predicted octanol–water partition coefficient (Wildman–Crippen LogP) is 4.98. The zero-order chi connectivity index (χ0) is 23.8. The summed E-state index contributed by atoms with van der Waals surface area (Å²) in [6.07, 6.45) is 5.48. The first kappa shape index (κ1) is 23.5. The van der Waals surface area contributed by atoms with Crippen LogP contribution in [-0.2, 0) is 11.3 Å². The molecule has 2 aromatic carbocycles. The Bertz CT molecular complexity index is 1110. The Kier molecular flexibility index (Phi) is 6.64. The fourth-order valence-electron chi connectivity index (χ4n) is 4.16. The number of aryl methyl sites for hydroxylation is 1. The van der Waals surface area contributed by atoms with Gasteiger partial charge in [-0.15, -0.1) is 0 Å². The Morgan fingerprint density at radius 2 is 2.00 bits per heavy atom. The molecule has 5 nitrogen and oxygen atoms in total. The molecule has 2 aliphatic rings. The third kappa shape index (κ3) is 5.15. The van der Waals surface area contributed by atoms with E-state index in [1.165, 1.54) is 0 Å². The highest BCUT2D eigenvalue weighted by Crippen LogP contribution is 2.38. The van der Waals surface area contributed by atoms with E-state index in [1.807, 2.05) is 55.2 Å². The minimum absolute atomic E-state index is 0.0650. The molecule has 33 heavy (non-hydrogen) atoms. The van der Waals surface area contributed by atoms with E-state index >= 15 is 0 Å². The molecule has 2 heterocycles. The molecule has 0 spiro atoms. The van der Waals surface area contributed by atoms with Gasteiger partial charge in [0.05, 0.1) is 6.54 Å². The van der Waals surface area contributed by atoms with Gasteiger partial charge in [-0.05, 0) is 75.3 Å². The van der Waals surface area contributed by atoms with Crippen LogP contribution in [0.5, 0.6) is 5.75 Å². The Hall–Kier alpha value is -2.63. The van der Waals surface area contributed by atoms with Crippen molar-refractivity contribution in [2.75, 3.05) is 33.7 Å². The number of benzene rings is 2. The summed E-state index contributed by atoms with van der Waals surface area (Å²) in [6.45, 7) is 9.02. The van der Waals surface area contributed by atoms with E-state index in [-0.39, 0.29) is 11.8 Å². The van der Waals surface area contributed by atoms with Crippen molar-refractivity contribution in [3.8, 4) is 16.9 Å². The van der Waals surface area contributed by atoms with Crippen LogP contribution in [0.4, 0.5) is 0 Å². The molecule has 6 heteroatoms. The molecule has 0 N–H and O–H groups in total. The van der Waals surface area contributed by atoms with Crippen molar-refractivity contribution in [2.45, 2.75) is 32.9 Å². The summed E-state index contributed by atoms with van der Waals surface area (Å²) in [4.78, 5) is 20.8. The molecular weight excluding hydrogens is 434 g/mol. The maximum absolute atomic E-state index is 12.4. The number of likely N-dealkylation sites (N-methyl/N-ethyl adjacent to an activating group) is 1. The fraction of sp³-hybridized carbons (Fsp3) is 0.407. The van der Waals surface area contributed by atoms with Crippen molar-refractivity contribution in [3.05, 3.63) is 64.2 Å². The Morgan fingerprint density at radius 1 is 1.24 bits per heavy atom. The monoisotopic (exact) mass is 465 g/mol. The van der Waals surface area contributed by atoms with Crippen molar-refractivity contribution in [2.24, 2.45) is 10.9 Å². The molecule has 0 saturated carbocycles. The number of carbonyl (C=O) groups excluding carboxylic acids is 1. The number of hydrogen-bond acceptors (Lipinski definition) is 4. The van der Waals surface area contributed by atoms with Gasteiger partial charge in [0.1, 0.15) is 11.4 Å². The maximum Gasteiger partial charge on any atom is 0.246 e. The molecule has 0 aromatic heterocycles. The van der Waals surface area contributed by atoms with E-state index in [0.29, 0.717) is 19.6 Å². The third-order valence-corrected chi connectivity index (χ3v) is 6.90. The summed E-state index contributed by atoms with van der Waals surface area (Å²) in [5.41, 5.74) is 4.98. The minimum atomic E-state index is -0.419. The molecule has 0 unspecified atom stereocenters. The molecule has 174 valence electrons. The highest BCUT2D eigenvalue weighted by molar-refractivity contribution is 6.31. The summed E-state index contributed by atoms with van der Waals surface area (Å²) < 4.78 is 6.62. The van der Waals surface area contributed by atoms with Crippen molar-refractivity contribution in [1.29, 1.82) is 0 Å². The van der Waals surface area contributed by atoms with Crippen LogP contribution in [0.1, 0.15) is 30.5 Å². The first-order chi connectivity index (χ1) is 15.6. The molecule has 0 atom stereocenters. The number of ether oxygens (including phenoxy) is 1. The second-order valence-corrected chi connectivity index (χ2v) is 10.2. The summed E-state index contributed by atoms with van der Waals surface area (Å²) >= 11 is 6.39. The highest BCUT2D eigenvalue weighted by Gasteiger charge is 2.42. The molecular formula is C27H32ClN3O2. The quantitative estimate of drug-likeness (QED) is 0.541. The number of aliphatic imine (C=N–C) groups is 1. The molecule has 0 aliphatic carbocycles.